The molecule has 0 saturated carbocycles. The Kier molecular flexibility index (Phi) is 7.18. The fourth-order valence-corrected chi connectivity index (χ4v) is 3.42. The number of halogens is 1. The fourth-order valence-electron chi connectivity index (χ4n) is 3.26. The molecule has 32 heavy (non-hydrogen) atoms. The molecule has 1 aliphatic carbocycles. The average Bonchev–Trinajstić information content (AvgIpc) is 2.81. The Balaban J connectivity index is 1.51. The number of ether oxygens (including phenoxy) is 1. The summed E-state index contributed by atoms with van der Waals surface area (Å²) in [7, 11) is 4.02. The molecule has 1 fully saturated rings. The topological polar surface area (TPSA) is 90.8 Å². The molecule has 0 spiro atoms. The molecule has 0 amide bonds. The van der Waals surface area contributed by atoms with E-state index >= 15 is 0 Å². The molecule has 0 unspecified atom stereocenters. The molecule has 0 radical (unpaired) electrons. The van der Waals surface area contributed by atoms with Crippen LogP contribution in [0.15, 0.2) is 52.2 Å². The Morgan fingerprint density at radius 3 is 2.47 bits per heavy atom. The predicted molar refractivity (Wildman–Crippen MR) is 130 cm³/mol. The summed E-state index contributed by atoms with van der Waals surface area (Å²) in [6.45, 7) is 2.75. The van der Waals surface area contributed by atoms with Gasteiger partial charge in [-0.25, -0.2) is 5.43 Å². The third-order valence-electron chi connectivity index (χ3n) is 5.08. The summed E-state index contributed by atoms with van der Waals surface area (Å²) in [6.07, 6.45) is 7.18. The summed E-state index contributed by atoms with van der Waals surface area (Å²) in [6, 6.07) is 8.10. The van der Waals surface area contributed by atoms with E-state index in [-0.39, 0.29) is 0 Å². The zero-order chi connectivity index (χ0) is 22.3. The van der Waals surface area contributed by atoms with Gasteiger partial charge in [-0.05, 0) is 42.7 Å². The maximum Gasteiger partial charge on any atom is 0.250 e. The van der Waals surface area contributed by atoms with Crippen LogP contribution in [0.4, 0.5) is 23.5 Å². The molecule has 168 valence electrons. The molecule has 2 N–H and O–H groups in total. The van der Waals surface area contributed by atoms with Crippen molar-refractivity contribution >= 4 is 41.3 Å². The van der Waals surface area contributed by atoms with Gasteiger partial charge >= 0.3 is 0 Å². The first-order chi connectivity index (χ1) is 15.6. The van der Waals surface area contributed by atoms with E-state index in [0.717, 1.165) is 47.9 Å². The van der Waals surface area contributed by atoms with Gasteiger partial charge in [0.15, 0.2) is 0 Å². The zero-order valence-corrected chi connectivity index (χ0v) is 19.0. The summed E-state index contributed by atoms with van der Waals surface area (Å²) in [5.74, 6) is 1.42. The first-order valence-corrected chi connectivity index (χ1v) is 10.9. The normalized spacial score (nSPS) is 16.5. The predicted octanol–water partition coefficient (Wildman–Crippen LogP) is 3.43. The zero-order valence-electron chi connectivity index (χ0n) is 18.3. The minimum atomic E-state index is 0.370. The van der Waals surface area contributed by atoms with Gasteiger partial charge in [0.05, 0.1) is 19.4 Å². The van der Waals surface area contributed by atoms with Crippen LogP contribution in [0.5, 0.6) is 0 Å². The monoisotopic (exact) mass is 454 g/mol. The van der Waals surface area contributed by atoms with Crippen molar-refractivity contribution in [2.45, 2.75) is 12.8 Å². The van der Waals surface area contributed by atoms with Crippen LogP contribution < -0.4 is 20.5 Å². The Labute approximate surface area is 192 Å². The molecule has 1 saturated heterocycles. The molecule has 9 nitrogen and oxygen atoms in total. The number of nitrogens with one attached hydrogen (secondary N) is 2. The lowest BCUT2D eigenvalue weighted by Gasteiger charge is -2.27. The second-order valence-electron chi connectivity index (χ2n) is 7.67. The number of rotatable bonds is 7. The largest absolute Gasteiger partial charge is 0.378 e. The lowest BCUT2D eigenvalue weighted by molar-refractivity contribution is 0.122. The molecule has 1 aromatic carbocycles. The van der Waals surface area contributed by atoms with Gasteiger partial charge < -0.3 is 19.9 Å². The van der Waals surface area contributed by atoms with Gasteiger partial charge in [-0.1, -0.05) is 23.7 Å². The molecule has 4 rings (SSSR count). The maximum absolute atomic E-state index is 6.07. The first kappa shape index (κ1) is 22.0. The minimum Gasteiger partial charge on any atom is -0.378 e. The van der Waals surface area contributed by atoms with Gasteiger partial charge in [-0.15, -0.1) is 0 Å². The first-order valence-electron chi connectivity index (χ1n) is 10.5. The van der Waals surface area contributed by atoms with Crippen LogP contribution in [0.25, 0.3) is 0 Å². The number of morpholine rings is 1. The number of hydrogen-bond donors (Lipinski definition) is 2. The number of aromatic nitrogens is 3. The van der Waals surface area contributed by atoms with E-state index in [1.54, 1.807) is 6.21 Å². The van der Waals surface area contributed by atoms with Gasteiger partial charge in [0.25, 0.3) is 0 Å². The Bertz CT molecular complexity index is 1010. The quantitative estimate of drug-likeness (QED) is 0.485. The summed E-state index contributed by atoms with van der Waals surface area (Å²) in [5, 5.41) is 8.45. The molecule has 1 aliphatic heterocycles. The van der Waals surface area contributed by atoms with Gasteiger partial charge in [-0.2, -0.15) is 20.1 Å². The molecule has 2 heterocycles. The highest BCUT2D eigenvalue weighted by Crippen LogP contribution is 2.23. The van der Waals surface area contributed by atoms with Crippen molar-refractivity contribution in [1.29, 1.82) is 0 Å². The van der Waals surface area contributed by atoms with E-state index in [2.05, 4.69) is 40.6 Å². The van der Waals surface area contributed by atoms with E-state index in [9.17, 15) is 0 Å². The van der Waals surface area contributed by atoms with Crippen LogP contribution in [0.2, 0.25) is 0 Å². The van der Waals surface area contributed by atoms with E-state index in [0.29, 0.717) is 31.1 Å². The van der Waals surface area contributed by atoms with Crippen LogP contribution in [-0.4, -0.2) is 61.6 Å². The second kappa shape index (κ2) is 10.4. The lowest BCUT2D eigenvalue weighted by atomic mass is 10.1. The van der Waals surface area contributed by atoms with Crippen molar-refractivity contribution < 1.29 is 4.74 Å². The van der Waals surface area contributed by atoms with Crippen LogP contribution in [0.3, 0.4) is 0 Å². The Morgan fingerprint density at radius 1 is 1.03 bits per heavy atom. The smallest absolute Gasteiger partial charge is 0.250 e. The third kappa shape index (κ3) is 5.95. The molecule has 0 bridgehead atoms. The number of hydrogen-bond acceptors (Lipinski definition) is 9. The van der Waals surface area contributed by atoms with Crippen molar-refractivity contribution in [2.24, 2.45) is 5.10 Å². The van der Waals surface area contributed by atoms with Gasteiger partial charge in [0.2, 0.25) is 17.8 Å². The molecule has 0 atom stereocenters. The van der Waals surface area contributed by atoms with Gasteiger partial charge in [-0.3, -0.25) is 0 Å². The molecular formula is C22H27ClN8O. The molecule has 2 aromatic rings. The van der Waals surface area contributed by atoms with E-state index in [4.69, 9.17) is 16.3 Å². The highest BCUT2D eigenvalue weighted by molar-refractivity contribution is 6.29. The van der Waals surface area contributed by atoms with Crippen molar-refractivity contribution in [3.05, 3.63) is 52.7 Å². The maximum atomic E-state index is 6.07. The van der Waals surface area contributed by atoms with E-state index in [1.165, 1.54) is 0 Å². The lowest BCUT2D eigenvalue weighted by Crippen LogP contribution is -2.37. The van der Waals surface area contributed by atoms with Crippen LogP contribution >= 0.6 is 11.6 Å². The minimum absolute atomic E-state index is 0.370. The Morgan fingerprint density at radius 2 is 1.78 bits per heavy atom. The van der Waals surface area contributed by atoms with Crippen molar-refractivity contribution in [1.82, 2.24) is 15.0 Å². The summed E-state index contributed by atoms with van der Waals surface area (Å²) in [5.41, 5.74) is 6.05. The number of benzene rings is 1. The third-order valence-corrected chi connectivity index (χ3v) is 5.39. The van der Waals surface area contributed by atoms with Crippen LogP contribution in [0.1, 0.15) is 18.4 Å². The highest BCUT2D eigenvalue weighted by Gasteiger charge is 2.17. The average molecular weight is 455 g/mol. The number of nitrogens with zero attached hydrogens (tertiary/aromatic N) is 6. The summed E-state index contributed by atoms with van der Waals surface area (Å²) in [4.78, 5) is 17.8. The van der Waals surface area contributed by atoms with Crippen LogP contribution in [-0.2, 0) is 4.74 Å². The molecular weight excluding hydrogens is 428 g/mol. The highest BCUT2D eigenvalue weighted by atomic mass is 35.5. The number of hydrazone groups is 1. The molecule has 1 aromatic heterocycles. The van der Waals surface area contributed by atoms with Crippen molar-refractivity contribution in [3.63, 3.8) is 0 Å². The van der Waals surface area contributed by atoms with Crippen molar-refractivity contribution in [3.8, 4) is 0 Å². The van der Waals surface area contributed by atoms with E-state index < -0.39 is 0 Å². The fraction of sp³-hybridized carbons (Fsp3) is 0.364. The van der Waals surface area contributed by atoms with E-state index in [1.807, 2.05) is 50.5 Å². The SMILES string of the molecule is CN(C)c1ccc(/C=N/Nc2nc(NC3=CC=C(Cl)CC3)nc(N3CCOCC3)n2)cc1. The molecule has 10 heteroatoms. The van der Waals surface area contributed by atoms with Crippen molar-refractivity contribution in [2.75, 3.05) is 60.9 Å². The number of allylic oxidation sites excluding steroid dienone is 4. The van der Waals surface area contributed by atoms with Crippen LogP contribution in [0, 0.1) is 0 Å². The summed E-state index contributed by atoms with van der Waals surface area (Å²) < 4.78 is 5.45. The van der Waals surface area contributed by atoms with Gasteiger partial charge in [0, 0.05) is 43.6 Å². The number of anilines is 4. The second-order valence-corrected chi connectivity index (χ2v) is 8.15. The summed E-state index contributed by atoms with van der Waals surface area (Å²) >= 11 is 6.07. The Hall–Kier alpha value is -3.17. The van der Waals surface area contributed by atoms with Gasteiger partial charge in [0.1, 0.15) is 0 Å². The molecule has 2 aliphatic rings. The standard InChI is InChI=1S/C22H27ClN8O/c1-30(2)19-9-3-16(4-10-19)15-24-29-21-26-20(25-18-7-5-17(23)6-8-18)27-22(28-21)31-11-13-32-14-12-31/h3-5,7,9-10,15H,6,8,11-14H2,1-2H3,(H2,25,26,27,28,29)/b24-15+.